The van der Waals surface area contributed by atoms with Crippen molar-refractivity contribution in [3.05, 3.63) is 35.9 Å². The highest BCUT2D eigenvalue weighted by molar-refractivity contribution is 5.14. The molecule has 0 aliphatic carbocycles. The molecule has 0 heterocycles. The lowest BCUT2D eigenvalue weighted by atomic mass is 10.1. The molecule has 1 rings (SSSR count). The van der Waals surface area contributed by atoms with Gasteiger partial charge in [0.1, 0.15) is 0 Å². The molecule has 2 N–H and O–H groups in total. The van der Waals surface area contributed by atoms with E-state index in [9.17, 15) is 0 Å². The molecule has 2 atom stereocenters. The van der Waals surface area contributed by atoms with E-state index in [0.29, 0.717) is 6.04 Å². The van der Waals surface area contributed by atoms with E-state index in [1.807, 2.05) is 0 Å². The van der Waals surface area contributed by atoms with Gasteiger partial charge in [-0.15, -0.1) is 0 Å². The van der Waals surface area contributed by atoms with Crippen LogP contribution in [0.15, 0.2) is 30.3 Å². The van der Waals surface area contributed by atoms with Gasteiger partial charge in [0.25, 0.3) is 0 Å². The van der Waals surface area contributed by atoms with Crippen LogP contribution in [0.4, 0.5) is 0 Å². The summed E-state index contributed by atoms with van der Waals surface area (Å²) in [5, 5.41) is 0. The fourth-order valence-corrected chi connectivity index (χ4v) is 1.91. The lowest BCUT2D eigenvalue weighted by molar-refractivity contribution is 0.182. The molecule has 0 amide bonds. The Morgan fingerprint density at radius 3 is 2.29 bits per heavy atom. The molecule has 1 aromatic rings. The molecule has 2 heteroatoms. The molecule has 17 heavy (non-hydrogen) atoms. The van der Waals surface area contributed by atoms with Crippen LogP contribution in [0.3, 0.4) is 0 Å². The molecule has 0 bridgehead atoms. The standard InChI is InChI=1S/C15H26N2/c1-4-13(3)17(12-15(16)5-2)11-14-9-7-6-8-10-14/h6-10,13,15H,4-5,11-12,16H2,1-3H3/t13?,15-/m0/s1. The van der Waals surface area contributed by atoms with E-state index in [1.54, 1.807) is 0 Å². The number of hydrogen-bond donors (Lipinski definition) is 1. The summed E-state index contributed by atoms with van der Waals surface area (Å²) in [7, 11) is 0. The largest absolute Gasteiger partial charge is 0.327 e. The summed E-state index contributed by atoms with van der Waals surface area (Å²) in [6, 6.07) is 11.5. The third kappa shape index (κ3) is 4.88. The first-order valence-electron chi connectivity index (χ1n) is 6.70. The highest BCUT2D eigenvalue weighted by Gasteiger charge is 2.15. The average Bonchev–Trinajstić information content (AvgIpc) is 2.38. The SMILES string of the molecule is CCC(C)N(Cc1ccccc1)C[C@@H](N)CC. The third-order valence-corrected chi connectivity index (χ3v) is 3.44. The van der Waals surface area contributed by atoms with Gasteiger partial charge < -0.3 is 5.73 Å². The van der Waals surface area contributed by atoms with Crippen molar-refractivity contribution in [3.63, 3.8) is 0 Å². The molecule has 0 saturated carbocycles. The second-order valence-electron chi connectivity index (χ2n) is 4.84. The van der Waals surface area contributed by atoms with Gasteiger partial charge >= 0.3 is 0 Å². The fourth-order valence-electron chi connectivity index (χ4n) is 1.91. The Balaban J connectivity index is 2.63. The zero-order chi connectivity index (χ0) is 12.7. The quantitative estimate of drug-likeness (QED) is 0.786. The Bertz CT molecular complexity index is 297. The van der Waals surface area contributed by atoms with Crippen LogP contribution in [0.5, 0.6) is 0 Å². The summed E-state index contributed by atoms with van der Waals surface area (Å²) in [5.41, 5.74) is 7.45. The van der Waals surface area contributed by atoms with Crippen molar-refractivity contribution >= 4 is 0 Å². The van der Waals surface area contributed by atoms with Crippen LogP contribution in [0.1, 0.15) is 39.2 Å². The van der Waals surface area contributed by atoms with Crippen molar-refractivity contribution in [1.29, 1.82) is 0 Å². The van der Waals surface area contributed by atoms with E-state index < -0.39 is 0 Å². The molecular weight excluding hydrogens is 208 g/mol. The minimum Gasteiger partial charge on any atom is -0.327 e. The summed E-state index contributed by atoms with van der Waals surface area (Å²) >= 11 is 0. The van der Waals surface area contributed by atoms with Gasteiger partial charge in [0, 0.05) is 25.2 Å². The number of benzene rings is 1. The molecule has 0 spiro atoms. The first kappa shape index (κ1) is 14.2. The Morgan fingerprint density at radius 1 is 1.12 bits per heavy atom. The first-order valence-corrected chi connectivity index (χ1v) is 6.70. The topological polar surface area (TPSA) is 29.3 Å². The van der Waals surface area contributed by atoms with Crippen LogP contribution in [0.2, 0.25) is 0 Å². The molecule has 0 radical (unpaired) electrons. The number of hydrogen-bond acceptors (Lipinski definition) is 2. The minimum absolute atomic E-state index is 0.285. The molecular formula is C15H26N2. The predicted molar refractivity (Wildman–Crippen MR) is 74.9 cm³/mol. The predicted octanol–water partition coefficient (Wildman–Crippen LogP) is 3.02. The molecule has 1 unspecified atom stereocenters. The van der Waals surface area contributed by atoms with Gasteiger partial charge in [0.15, 0.2) is 0 Å². The Kier molecular flexibility index (Phi) is 6.23. The van der Waals surface area contributed by atoms with E-state index in [4.69, 9.17) is 5.73 Å². The van der Waals surface area contributed by atoms with Crippen molar-refractivity contribution < 1.29 is 0 Å². The zero-order valence-electron chi connectivity index (χ0n) is 11.4. The van der Waals surface area contributed by atoms with Crippen LogP contribution in [-0.2, 0) is 6.54 Å². The summed E-state index contributed by atoms with van der Waals surface area (Å²) in [5.74, 6) is 0. The van der Waals surface area contributed by atoms with Crippen LogP contribution < -0.4 is 5.73 Å². The number of rotatable bonds is 7. The van der Waals surface area contributed by atoms with Crippen LogP contribution in [-0.4, -0.2) is 23.5 Å². The second-order valence-corrected chi connectivity index (χ2v) is 4.84. The van der Waals surface area contributed by atoms with Crippen molar-refractivity contribution in [3.8, 4) is 0 Å². The Labute approximate surface area is 106 Å². The molecule has 0 fully saturated rings. The average molecular weight is 234 g/mol. The number of nitrogens with two attached hydrogens (primary N) is 1. The molecule has 1 aromatic carbocycles. The van der Waals surface area contributed by atoms with Gasteiger partial charge in [0.05, 0.1) is 0 Å². The maximum absolute atomic E-state index is 6.08. The lowest BCUT2D eigenvalue weighted by Crippen LogP contribution is -2.41. The van der Waals surface area contributed by atoms with Crippen LogP contribution in [0.25, 0.3) is 0 Å². The molecule has 2 nitrogen and oxygen atoms in total. The molecule has 0 saturated heterocycles. The Hall–Kier alpha value is -0.860. The van der Waals surface area contributed by atoms with E-state index in [2.05, 4.69) is 56.0 Å². The van der Waals surface area contributed by atoms with E-state index >= 15 is 0 Å². The fraction of sp³-hybridized carbons (Fsp3) is 0.600. The third-order valence-electron chi connectivity index (χ3n) is 3.44. The van der Waals surface area contributed by atoms with Crippen molar-refractivity contribution in [2.45, 2.75) is 52.2 Å². The lowest BCUT2D eigenvalue weighted by Gasteiger charge is -2.30. The van der Waals surface area contributed by atoms with E-state index in [-0.39, 0.29) is 6.04 Å². The summed E-state index contributed by atoms with van der Waals surface area (Å²) in [6.07, 6.45) is 2.21. The first-order chi connectivity index (χ1) is 8.17. The summed E-state index contributed by atoms with van der Waals surface area (Å²) < 4.78 is 0. The smallest absolute Gasteiger partial charge is 0.0237 e. The molecule has 96 valence electrons. The normalized spacial score (nSPS) is 14.9. The van der Waals surface area contributed by atoms with E-state index in [1.165, 1.54) is 12.0 Å². The molecule has 0 aliphatic heterocycles. The minimum atomic E-state index is 0.285. The van der Waals surface area contributed by atoms with Gasteiger partial charge in [-0.25, -0.2) is 0 Å². The van der Waals surface area contributed by atoms with E-state index in [0.717, 1.165) is 19.5 Å². The van der Waals surface area contributed by atoms with Gasteiger partial charge in [0.2, 0.25) is 0 Å². The zero-order valence-corrected chi connectivity index (χ0v) is 11.4. The van der Waals surface area contributed by atoms with Gasteiger partial charge in [-0.1, -0.05) is 44.2 Å². The molecule has 0 aliphatic rings. The summed E-state index contributed by atoms with van der Waals surface area (Å²) in [6.45, 7) is 8.66. The van der Waals surface area contributed by atoms with Crippen molar-refractivity contribution in [2.24, 2.45) is 5.73 Å². The van der Waals surface area contributed by atoms with Crippen LogP contribution >= 0.6 is 0 Å². The monoisotopic (exact) mass is 234 g/mol. The van der Waals surface area contributed by atoms with Crippen LogP contribution in [0, 0.1) is 0 Å². The molecule has 0 aromatic heterocycles. The van der Waals surface area contributed by atoms with Gasteiger partial charge in [-0.3, -0.25) is 4.90 Å². The second kappa shape index (κ2) is 7.46. The highest BCUT2D eigenvalue weighted by atomic mass is 15.2. The van der Waals surface area contributed by atoms with Crippen molar-refractivity contribution in [1.82, 2.24) is 4.90 Å². The van der Waals surface area contributed by atoms with Gasteiger partial charge in [-0.2, -0.15) is 0 Å². The Morgan fingerprint density at radius 2 is 1.76 bits per heavy atom. The van der Waals surface area contributed by atoms with Gasteiger partial charge in [-0.05, 0) is 25.3 Å². The maximum Gasteiger partial charge on any atom is 0.0237 e. The summed E-state index contributed by atoms with van der Waals surface area (Å²) in [4.78, 5) is 2.49. The number of nitrogens with zero attached hydrogens (tertiary/aromatic N) is 1. The van der Waals surface area contributed by atoms with Crippen molar-refractivity contribution in [2.75, 3.05) is 6.54 Å². The highest BCUT2D eigenvalue weighted by Crippen LogP contribution is 2.11. The maximum atomic E-state index is 6.08.